The Kier molecular flexibility index (Phi) is 3.53. The van der Waals surface area contributed by atoms with Crippen LogP contribution in [0, 0.1) is 13.8 Å². The molecule has 0 aromatic carbocycles. The van der Waals surface area contributed by atoms with Crippen molar-refractivity contribution in [3.8, 4) is 0 Å². The average molecular weight is 303 g/mol. The van der Waals surface area contributed by atoms with E-state index in [2.05, 4.69) is 20.4 Å². The minimum atomic E-state index is -0.328. The number of methoxy groups -OCH3 is 1. The van der Waals surface area contributed by atoms with E-state index in [0.29, 0.717) is 17.2 Å². The van der Waals surface area contributed by atoms with E-state index >= 15 is 0 Å². The first-order valence-electron chi connectivity index (χ1n) is 6.90. The van der Waals surface area contributed by atoms with Crippen molar-refractivity contribution < 1.29 is 13.9 Å². The summed E-state index contributed by atoms with van der Waals surface area (Å²) in [5, 5.41) is 7.99. The minimum absolute atomic E-state index is 0.00352. The van der Waals surface area contributed by atoms with Gasteiger partial charge >= 0.3 is 0 Å². The summed E-state index contributed by atoms with van der Waals surface area (Å²) in [5.74, 6) is 1.10. The zero-order chi connectivity index (χ0) is 15.9. The van der Waals surface area contributed by atoms with Gasteiger partial charge < -0.3 is 14.5 Å². The van der Waals surface area contributed by atoms with Gasteiger partial charge in [-0.2, -0.15) is 0 Å². The van der Waals surface area contributed by atoms with Gasteiger partial charge in [0.15, 0.2) is 11.5 Å². The highest BCUT2D eigenvalue weighted by atomic mass is 16.5. The lowest BCUT2D eigenvalue weighted by atomic mass is 10.2. The maximum absolute atomic E-state index is 11.6. The van der Waals surface area contributed by atoms with E-state index in [1.54, 1.807) is 10.8 Å². The van der Waals surface area contributed by atoms with Crippen LogP contribution in [0.5, 0.6) is 0 Å². The number of carbonyl (C=O) groups is 1. The number of amides is 1. The molecular weight excluding hydrogens is 286 g/mol. The van der Waals surface area contributed by atoms with Crippen molar-refractivity contribution in [1.29, 1.82) is 0 Å². The van der Waals surface area contributed by atoms with E-state index in [1.165, 1.54) is 7.11 Å². The molecule has 3 aromatic rings. The zero-order valence-electron chi connectivity index (χ0n) is 12.9. The summed E-state index contributed by atoms with van der Waals surface area (Å²) in [6, 6.07) is -0.328. The van der Waals surface area contributed by atoms with Crippen LogP contribution >= 0.6 is 0 Å². The van der Waals surface area contributed by atoms with Gasteiger partial charge in [-0.05, 0) is 20.8 Å². The molecule has 0 saturated carbocycles. The summed E-state index contributed by atoms with van der Waals surface area (Å²) in [6.07, 6.45) is 1.56. The third kappa shape index (κ3) is 2.31. The molecule has 3 heterocycles. The molecule has 0 aliphatic carbocycles. The number of hydrogen-bond donors (Lipinski definition) is 1. The number of rotatable bonds is 4. The third-order valence-electron chi connectivity index (χ3n) is 3.56. The Morgan fingerprint density at radius 3 is 3.00 bits per heavy atom. The van der Waals surface area contributed by atoms with Crippen molar-refractivity contribution in [1.82, 2.24) is 24.9 Å². The van der Waals surface area contributed by atoms with Crippen molar-refractivity contribution in [3.05, 3.63) is 23.5 Å². The second-order valence-electron chi connectivity index (χ2n) is 5.17. The number of aryl methyl sites for hydroxylation is 2. The van der Waals surface area contributed by atoms with Crippen LogP contribution in [0.4, 0.5) is 0 Å². The number of carbonyl (C=O) groups excluding carboxylic acids is 1. The molecule has 1 amide bonds. The Hall–Kier alpha value is -2.48. The smallest absolute Gasteiger partial charge is 0.246 e. The summed E-state index contributed by atoms with van der Waals surface area (Å²) < 4.78 is 12.0. The second-order valence-corrected chi connectivity index (χ2v) is 5.17. The molecule has 0 fully saturated rings. The maximum Gasteiger partial charge on any atom is 0.246 e. The predicted molar refractivity (Wildman–Crippen MR) is 78.5 cm³/mol. The van der Waals surface area contributed by atoms with Crippen LogP contribution in [0.3, 0.4) is 0 Å². The van der Waals surface area contributed by atoms with E-state index in [4.69, 9.17) is 9.15 Å². The molecule has 0 saturated heterocycles. The third-order valence-corrected chi connectivity index (χ3v) is 3.56. The van der Waals surface area contributed by atoms with E-state index in [-0.39, 0.29) is 18.6 Å². The summed E-state index contributed by atoms with van der Waals surface area (Å²) >= 11 is 0. The highest BCUT2D eigenvalue weighted by Gasteiger charge is 2.19. The van der Waals surface area contributed by atoms with Gasteiger partial charge in [0.05, 0.1) is 11.4 Å². The molecule has 3 aromatic heterocycles. The normalized spacial score (nSPS) is 12.9. The fraction of sp³-hybridized carbons (Fsp3) is 0.429. The van der Waals surface area contributed by atoms with Crippen LogP contribution in [-0.4, -0.2) is 39.2 Å². The molecule has 0 spiro atoms. The lowest BCUT2D eigenvalue weighted by molar-refractivity contribution is -0.125. The number of nitrogens with zero attached hydrogens (tertiary/aromatic N) is 4. The second kappa shape index (κ2) is 5.38. The fourth-order valence-electron chi connectivity index (χ4n) is 2.32. The van der Waals surface area contributed by atoms with Crippen molar-refractivity contribution in [2.24, 2.45) is 0 Å². The predicted octanol–water partition coefficient (Wildman–Crippen LogP) is 1.31. The molecule has 0 radical (unpaired) electrons. The Labute approximate surface area is 126 Å². The highest BCUT2D eigenvalue weighted by molar-refractivity contribution is 5.91. The van der Waals surface area contributed by atoms with Crippen molar-refractivity contribution in [2.75, 3.05) is 13.7 Å². The van der Waals surface area contributed by atoms with Gasteiger partial charge in [-0.1, -0.05) is 0 Å². The summed E-state index contributed by atoms with van der Waals surface area (Å²) in [7, 11) is 1.47. The SMILES string of the molecule is COCC(=O)NC(C)c1nc2c3c(C)c(C)oc3ncn2n1. The molecule has 0 aliphatic rings. The van der Waals surface area contributed by atoms with Crippen LogP contribution in [0.2, 0.25) is 0 Å². The van der Waals surface area contributed by atoms with Crippen LogP contribution in [0.1, 0.15) is 30.1 Å². The number of nitrogens with one attached hydrogen (secondary N) is 1. The standard InChI is InChI=1S/C14H17N5O3/c1-7-9(3)22-14-11(7)13-17-12(18-19(13)6-15-14)8(2)16-10(20)5-21-4/h6,8H,5H2,1-4H3,(H,16,20). The quantitative estimate of drug-likeness (QED) is 0.781. The lowest BCUT2D eigenvalue weighted by Crippen LogP contribution is -2.30. The minimum Gasteiger partial charge on any atom is -0.443 e. The Bertz CT molecular complexity index is 851. The Balaban J connectivity index is 2.02. The van der Waals surface area contributed by atoms with Gasteiger partial charge in [-0.15, -0.1) is 5.10 Å². The summed E-state index contributed by atoms with van der Waals surface area (Å²) in [6.45, 7) is 5.67. The molecule has 0 aliphatic heterocycles. The Morgan fingerprint density at radius 2 is 2.27 bits per heavy atom. The van der Waals surface area contributed by atoms with Crippen LogP contribution < -0.4 is 5.32 Å². The van der Waals surface area contributed by atoms with Crippen molar-refractivity contribution in [2.45, 2.75) is 26.8 Å². The molecule has 1 unspecified atom stereocenters. The number of hydrogen-bond acceptors (Lipinski definition) is 6. The topological polar surface area (TPSA) is 94.5 Å². The summed E-state index contributed by atoms with van der Waals surface area (Å²) in [4.78, 5) is 20.4. The molecule has 1 atom stereocenters. The molecule has 8 nitrogen and oxygen atoms in total. The average Bonchev–Trinajstić information content (AvgIpc) is 3.01. The molecular formula is C14H17N5O3. The number of fused-ring (bicyclic) bond motifs is 3. The lowest BCUT2D eigenvalue weighted by Gasteiger charge is -2.09. The fourth-order valence-corrected chi connectivity index (χ4v) is 2.32. The van der Waals surface area contributed by atoms with Gasteiger partial charge in [0, 0.05) is 12.7 Å². The number of aromatic nitrogens is 4. The van der Waals surface area contributed by atoms with Crippen LogP contribution in [-0.2, 0) is 9.53 Å². The first kappa shape index (κ1) is 14.5. The highest BCUT2D eigenvalue weighted by Crippen LogP contribution is 2.26. The van der Waals surface area contributed by atoms with Crippen molar-refractivity contribution in [3.63, 3.8) is 0 Å². The molecule has 22 heavy (non-hydrogen) atoms. The molecule has 0 bridgehead atoms. The van der Waals surface area contributed by atoms with E-state index in [9.17, 15) is 4.79 Å². The first-order chi connectivity index (χ1) is 10.5. The Morgan fingerprint density at radius 1 is 1.50 bits per heavy atom. The van der Waals surface area contributed by atoms with Gasteiger partial charge in [-0.25, -0.2) is 14.5 Å². The van der Waals surface area contributed by atoms with E-state index in [0.717, 1.165) is 16.7 Å². The molecule has 116 valence electrons. The van der Waals surface area contributed by atoms with E-state index < -0.39 is 0 Å². The first-order valence-corrected chi connectivity index (χ1v) is 6.90. The van der Waals surface area contributed by atoms with Crippen LogP contribution in [0.25, 0.3) is 16.7 Å². The summed E-state index contributed by atoms with van der Waals surface area (Å²) in [5.41, 5.74) is 2.20. The van der Waals surface area contributed by atoms with Gasteiger partial charge in [-0.3, -0.25) is 4.79 Å². The van der Waals surface area contributed by atoms with Crippen molar-refractivity contribution >= 4 is 22.7 Å². The zero-order valence-corrected chi connectivity index (χ0v) is 12.9. The molecule has 3 rings (SSSR count). The molecule has 1 N–H and O–H groups in total. The number of ether oxygens (including phenoxy) is 1. The monoisotopic (exact) mass is 303 g/mol. The molecule has 8 heteroatoms. The van der Waals surface area contributed by atoms with Gasteiger partial charge in [0.2, 0.25) is 11.6 Å². The number of furan rings is 1. The van der Waals surface area contributed by atoms with E-state index in [1.807, 2.05) is 20.8 Å². The maximum atomic E-state index is 11.6. The largest absolute Gasteiger partial charge is 0.443 e. The van der Waals surface area contributed by atoms with Gasteiger partial charge in [0.1, 0.15) is 18.7 Å². The van der Waals surface area contributed by atoms with Gasteiger partial charge in [0.25, 0.3) is 0 Å². The van der Waals surface area contributed by atoms with Crippen LogP contribution in [0.15, 0.2) is 10.7 Å².